The van der Waals surface area contributed by atoms with Gasteiger partial charge in [0.05, 0.1) is 36.9 Å². The smallest absolute Gasteiger partial charge is 0.414 e. The van der Waals surface area contributed by atoms with Gasteiger partial charge in [-0.05, 0) is 30.7 Å². The number of benzene rings is 1. The summed E-state index contributed by atoms with van der Waals surface area (Å²) in [6, 6.07) is 8.94. The van der Waals surface area contributed by atoms with Crippen LogP contribution in [-0.4, -0.2) is 61.5 Å². The van der Waals surface area contributed by atoms with Gasteiger partial charge in [0.1, 0.15) is 6.10 Å². The third kappa shape index (κ3) is 3.79. The van der Waals surface area contributed by atoms with Crippen molar-refractivity contribution in [3.8, 4) is 6.07 Å². The van der Waals surface area contributed by atoms with Crippen LogP contribution in [0.4, 0.5) is 10.5 Å². The molecule has 0 N–H and O–H groups in total. The van der Waals surface area contributed by atoms with Crippen molar-refractivity contribution in [3.63, 3.8) is 0 Å². The zero-order chi connectivity index (χ0) is 18.7. The minimum Gasteiger partial charge on any atom is -0.548 e. The number of hydrogen-bond acceptors (Lipinski definition) is 7. The van der Waals surface area contributed by atoms with Gasteiger partial charge in [0.15, 0.2) is 0 Å². The van der Waals surface area contributed by atoms with Crippen molar-refractivity contribution >= 4 is 17.7 Å². The molecule has 2 fully saturated rings. The third-order valence-electron chi connectivity index (χ3n) is 4.77. The van der Waals surface area contributed by atoms with Gasteiger partial charge in [-0.25, -0.2) is 4.79 Å². The zero-order valence-electron chi connectivity index (χ0n) is 14.5. The van der Waals surface area contributed by atoms with E-state index in [0.29, 0.717) is 30.9 Å². The van der Waals surface area contributed by atoms with Crippen molar-refractivity contribution < 1.29 is 24.2 Å². The van der Waals surface area contributed by atoms with E-state index in [4.69, 9.17) is 14.7 Å². The van der Waals surface area contributed by atoms with Crippen LogP contribution in [0.5, 0.6) is 0 Å². The molecule has 0 saturated carbocycles. The molecule has 0 spiro atoms. The maximum Gasteiger partial charge on any atom is 0.414 e. The van der Waals surface area contributed by atoms with Gasteiger partial charge in [0, 0.05) is 24.8 Å². The molecule has 0 bridgehead atoms. The number of hydrogen-bond donors (Lipinski definition) is 0. The summed E-state index contributed by atoms with van der Waals surface area (Å²) in [5, 5.41) is 19.4. The second-order valence-electron chi connectivity index (χ2n) is 6.43. The fourth-order valence-corrected chi connectivity index (χ4v) is 3.46. The number of carbonyl (C=O) groups excluding carboxylic acids is 2. The highest BCUT2D eigenvalue weighted by atomic mass is 16.6. The Bertz CT molecular complexity index is 715. The van der Waals surface area contributed by atoms with Crippen LogP contribution in [0.2, 0.25) is 0 Å². The molecule has 0 radical (unpaired) electrons. The van der Waals surface area contributed by atoms with Crippen LogP contribution in [0.15, 0.2) is 24.3 Å². The molecule has 3 atom stereocenters. The molecule has 2 aliphatic rings. The lowest BCUT2D eigenvalue weighted by Gasteiger charge is -2.48. The molecule has 0 aromatic heterocycles. The molecule has 3 rings (SSSR count). The van der Waals surface area contributed by atoms with E-state index < -0.39 is 18.7 Å². The third-order valence-corrected chi connectivity index (χ3v) is 4.77. The summed E-state index contributed by atoms with van der Waals surface area (Å²) in [6.45, 7) is 3.22. The minimum absolute atomic E-state index is 0.108. The van der Waals surface area contributed by atoms with E-state index in [1.807, 2.05) is 13.0 Å². The molecule has 8 nitrogen and oxygen atoms in total. The van der Waals surface area contributed by atoms with E-state index in [0.717, 1.165) is 6.42 Å². The number of carbonyl (C=O) groups is 2. The number of aliphatic carboxylic acids is 1. The largest absolute Gasteiger partial charge is 0.548 e. The number of likely N-dealkylation sites (tertiary alicyclic amines) is 1. The van der Waals surface area contributed by atoms with Gasteiger partial charge in [-0.3, -0.25) is 9.80 Å². The second kappa shape index (κ2) is 7.72. The van der Waals surface area contributed by atoms with Crippen LogP contribution in [0.3, 0.4) is 0 Å². The van der Waals surface area contributed by atoms with E-state index in [1.54, 1.807) is 29.2 Å². The number of nitrogens with zero attached hydrogens (tertiary/aromatic N) is 3. The van der Waals surface area contributed by atoms with E-state index >= 15 is 0 Å². The summed E-state index contributed by atoms with van der Waals surface area (Å²) in [7, 11) is 0. The predicted octanol–water partition coefficient (Wildman–Crippen LogP) is 0.113. The van der Waals surface area contributed by atoms with Gasteiger partial charge in [-0.2, -0.15) is 5.26 Å². The first-order valence-electron chi connectivity index (χ1n) is 8.55. The Morgan fingerprint density at radius 3 is 2.73 bits per heavy atom. The molecule has 138 valence electrons. The fourth-order valence-electron chi connectivity index (χ4n) is 3.46. The number of nitriles is 1. The van der Waals surface area contributed by atoms with E-state index in [-0.39, 0.29) is 18.2 Å². The van der Waals surface area contributed by atoms with Crippen molar-refractivity contribution in [3.05, 3.63) is 29.8 Å². The average molecular weight is 358 g/mol. The second-order valence-corrected chi connectivity index (χ2v) is 6.43. The molecule has 8 heteroatoms. The van der Waals surface area contributed by atoms with E-state index in [1.165, 1.54) is 0 Å². The molecule has 3 unspecified atom stereocenters. The SMILES string of the molecule is CCC1C(OCC(=O)[O-])CN1CC1CN(c2ccc(C#N)cc2)C(=O)O1. The van der Waals surface area contributed by atoms with Crippen LogP contribution in [0.1, 0.15) is 18.9 Å². The van der Waals surface area contributed by atoms with Gasteiger partial charge in [0.2, 0.25) is 0 Å². The van der Waals surface area contributed by atoms with Crippen molar-refractivity contribution in [2.45, 2.75) is 31.6 Å². The minimum atomic E-state index is -1.22. The summed E-state index contributed by atoms with van der Waals surface area (Å²) in [5.74, 6) is -1.22. The maximum absolute atomic E-state index is 12.1. The van der Waals surface area contributed by atoms with Crippen molar-refractivity contribution in [2.75, 3.05) is 31.1 Å². The molecular formula is C18H20N3O5-. The molecule has 1 aromatic rings. The van der Waals surface area contributed by atoms with Crippen molar-refractivity contribution in [1.29, 1.82) is 5.26 Å². The molecule has 26 heavy (non-hydrogen) atoms. The highest BCUT2D eigenvalue weighted by Gasteiger charge is 2.42. The number of amides is 1. The Balaban J connectivity index is 1.54. The summed E-state index contributed by atoms with van der Waals surface area (Å²) in [6.07, 6.45) is 0.00880. The summed E-state index contributed by atoms with van der Waals surface area (Å²) in [4.78, 5) is 26.4. The van der Waals surface area contributed by atoms with Gasteiger partial charge in [-0.1, -0.05) is 6.92 Å². The Morgan fingerprint density at radius 2 is 2.12 bits per heavy atom. The summed E-state index contributed by atoms with van der Waals surface area (Å²) >= 11 is 0. The first-order chi connectivity index (χ1) is 12.5. The average Bonchev–Trinajstić information content (AvgIpc) is 2.98. The number of cyclic esters (lactones) is 1. The lowest BCUT2D eigenvalue weighted by molar-refractivity contribution is -0.312. The van der Waals surface area contributed by atoms with Crippen LogP contribution in [0.25, 0.3) is 0 Å². The first-order valence-corrected chi connectivity index (χ1v) is 8.55. The summed E-state index contributed by atoms with van der Waals surface area (Å²) < 4.78 is 10.8. The van der Waals surface area contributed by atoms with E-state index in [9.17, 15) is 14.7 Å². The molecule has 2 saturated heterocycles. The highest BCUT2D eigenvalue weighted by Crippen LogP contribution is 2.27. The number of carboxylic acid groups (broad SMARTS) is 1. The first kappa shape index (κ1) is 18.2. The standard InChI is InChI=1S/C18H21N3O5/c1-2-15-16(25-11-17(22)23)10-20(15)8-14-9-21(18(24)26-14)13-5-3-12(7-19)4-6-13/h3-6,14-16H,2,8-11H2,1H3,(H,22,23)/p-1. The molecule has 0 aliphatic carbocycles. The normalized spacial score (nSPS) is 25.5. The van der Waals surface area contributed by atoms with Gasteiger partial charge in [-0.15, -0.1) is 0 Å². The Labute approximate surface area is 151 Å². The van der Waals surface area contributed by atoms with Gasteiger partial charge < -0.3 is 19.4 Å². The van der Waals surface area contributed by atoms with Crippen molar-refractivity contribution in [1.82, 2.24) is 4.90 Å². The molecule has 2 aliphatic heterocycles. The number of anilines is 1. The quantitative estimate of drug-likeness (QED) is 0.681. The molecular weight excluding hydrogens is 338 g/mol. The fraction of sp³-hybridized carbons (Fsp3) is 0.500. The molecule has 1 aromatic carbocycles. The van der Waals surface area contributed by atoms with Crippen LogP contribution in [0, 0.1) is 11.3 Å². The highest BCUT2D eigenvalue weighted by molar-refractivity contribution is 5.89. The number of rotatable bonds is 7. The van der Waals surface area contributed by atoms with Crippen molar-refractivity contribution in [2.24, 2.45) is 0 Å². The zero-order valence-corrected chi connectivity index (χ0v) is 14.5. The number of carboxylic acids is 1. The van der Waals surface area contributed by atoms with Gasteiger partial charge >= 0.3 is 6.09 Å². The van der Waals surface area contributed by atoms with Crippen LogP contribution >= 0.6 is 0 Å². The monoisotopic (exact) mass is 358 g/mol. The molecule has 2 heterocycles. The van der Waals surface area contributed by atoms with E-state index in [2.05, 4.69) is 4.90 Å². The van der Waals surface area contributed by atoms with Gasteiger partial charge in [0.25, 0.3) is 0 Å². The maximum atomic E-state index is 12.1. The lowest BCUT2D eigenvalue weighted by Crippen LogP contribution is -2.63. The Hall–Kier alpha value is -2.63. The number of ether oxygens (including phenoxy) is 2. The Kier molecular flexibility index (Phi) is 5.40. The van der Waals surface area contributed by atoms with Crippen LogP contribution in [-0.2, 0) is 14.3 Å². The summed E-state index contributed by atoms with van der Waals surface area (Å²) in [5.41, 5.74) is 1.23. The Morgan fingerprint density at radius 1 is 1.38 bits per heavy atom. The predicted molar refractivity (Wildman–Crippen MR) is 89.2 cm³/mol. The topological polar surface area (TPSA) is 106 Å². The van der Waals surface area contributed by atoms with Crippen LogP contribution < -0.4 is 10.0 Å². The lowest BCUT2D eigenvalue weighted by atomic mass is 9.96. The molecule has 1 amide bonds.